The Morgan fingerprint density at radius 3 is 2.44 bits per heavy atom. The van der Waals surface area contributed by atoms with Crippen LogP contribution in [0.15, 0.2) is 12.1 Å². The van der Waals surface area contributed by atoms with Crippen molar-refractivity contribution in [2.75, 3.05) is 5.32 Å². The van der Waals surface area contributed by atoms with Gasteiger partial charge in [-0.15, -0.1) is 0 Å². The van der Waals surface area contributed by atoms with Gasteiger partial charge in [0.25, 0.3) is 0 Å². The van der Waals surface area contributed by atoms with Gasteiger partial charge >= 0.3 is 0 Å². The van der Waals surface area contributed by atoms with Gasteiger partial charge in [0.1, 0.15) is 0 Å². The Hall–Kier alpha value is -0.690. The summed E-state index contributed by atoms with van der Waals surface area (Å²) < 4.78 is 1.22. The molecule has 0 fully saturated rings. The molecule has 0 atom stereocenters. The lowest BCUT2D eigenvalue weighted by atomic mass is 10.1. The van der Waals surface area contributed by atoms with Crippen molar-refractivity contribution in [3.05, 3.63) is 26.8 Å². The van der Waals surface area contributed by atoms with E-state index in [1.54, 1.807) is 0 Å². The number of amides is 1. The van der Waals surface area contributed by atoms with Crippen molar-refractivity contribution < 1.29 is 4.79 Å². The van der Waals surface area contributed by atoms with Gasteiger partial charge in [-0.1, -0.05) is 13.8 Å². The third-order valence-corrected chi connectivity index (χ3v) is 3.88. The highest BCUT2D eigenvalue weighted by Gasteiger charge is 2.10. The summed E-state index contributed by atoms with van der Waals surface area (Å²) in [4.78, 5) is 11.5. The molecule has 3 nitrogen and oxygen atoms in total. The fourth-order valence-electron chi connectivity index (χ4n) is 1.33. The van der Waals surface area contributed by atoms with Gasteiger partial charge in [-0.3, -0.25) is 4.79 Å². The van der Waals surface area contributed by atoms with Crippen molar-refractivity contribution in [3.8, 4) is 0 Å². The molecule has 98 valence electrons. The number of carbonyl (C=O) groups excluding carboxylic acids is 1. The summed E-state index contributed by atoms with van der Waals surface area (Å²) in [5, 5.41) is 6.07. The highest BCUT2D eigenvalue weighted by molar-refractivity contribution is 14.1. The maximum absolute atomic E-state index is 11.5. The minimum atomic E-state index is -0.0793. The third-order valence-electron chi connectivity index (χ3n) is 2.51. The van der Waals surface area contributed by atoms with Crippen LogP contribution in [-0.4, -0.2) is 11.0 Å². The topological polar surface area (TPSA) is 41.1 Å². The lowest BCUT2D eigenvalue weighted by Gasteiger charge is -2.14. The van der Waals surface area contributed by atoms with E-state index >= 15 is 0 Å². The van der Waals surface area contributed by atoms with E-state index in [2.05, 4.69) is 39.3 Å². The summed E-state index contributed by atoms with van der Waals surface area (Å²) in [6.07, 6.45) is 0. The van der Waals surface area contributed by atoms with Crippen molar-refractivity contribution in [2.24, 2.45) is 5.92 Å². The molecule has 0 bridgehead atoms. The lowest BCUT2D eigenvalue weighted by molar-refractivity contribution is -0.122. The van der Waals surface area contributed by atoms with Crippen molar-refractivity contribution in [1.82, 2.24) is 5.32 Å². The largest absolute Gasteiger partial charge is 0.332 e. The molecule has 0 unspecified atom stereocenters. The normalized spacial score (nSPS) is 10.3. The van der Waals surface area contributed by atoms with Crippen molar-refractivity contribution in [1.29, 1.82) is 0 Å². The predicted octanol–water partition coefficient (Wildman–Crippen LogP) is 3.38. The maximum atomic E-state index is 11.5. The summed E-state index contributed by atoms with van der Waals surface area (Å²) in [6.45, 7) is 7.72. The average Bonchev–Trinajstić information content (AvgIpc) is 2.25. The van der Waals surface area contributed by atoms with Crippen LogP contribution in [0.3, 0.4) is 0 Å². The summed E-state index contributed by atoms with van der Waals surface area (Å²) in [7, 11) is 0. The van der Waals surface area contributed by atoms with Crippen molar-refractivity contribution in [2.45, 2.75) is 27.7 Å². The van der Waals surface area contributed by atoms with Gasteiger partial charge in [-0.2, -0.15) is 0 Å². The number of halogens is 1. The fourth-order valence-corrected chi connectivity index (χ4v) is 2.16. The Labute approximate surface area is 127 Å². The average molecular weight is 376 g/mol. The zero-order valence-electron chi connectivity index (χ0n) is 10.9. The van der Waals surface area contributed by atoms with Crippen LogP contribution in [0, 0.1) is 23.3 Å². The van der Waals surface area contributed by atoms with E-state index in [1.807, 2.05) is 33.8 Å². The van der Waals surface area contributed by atoms with Crippen molar-refractivity contribution >= 4 is 51.5 Å². The van der Waals surface area contributed by atoms with E-state index in [9.17, 15) is 4.79 Å². The Morgan fingerprint density at radius 2 is 1.89 bits per heavy atom. The Balaban J connectivity index is 2.76. The lowest BCUT2D eigenvalue weighted by Crippen LogP contribution is -2.36. The zero-order valence-corrected chi connectivity index (χ0v) is 13.9. The van der Waals surface area contributed by atoms with Gasteiger partial charge in [0.05, 0.1) is 0 Å². The number of benzene rings is 1. The molecule has 2 N–H and O–H groups in total. The smallest absolute Gasteiger partial charge is 0.228 e. The third kappa shape index (κ3) is 4.20. The highest BCUT2D eigenvalue weighted by atomic mass is 127. The Bertz CT molecular complexity index is 486. The van der Waals surface area contributed by atoms with Gasteiger partial charge in [0.2, 0.25) is 5.91 Å². The van der Waals surface area contributed by atoms with Crippen LogP contribution in [0.25, 0.3) is 0 Å². The molecule has 0 heterocycles. The van der Waals surface area contributed by atoms with E-state index in [1.165, 1.54) is 9.13 Å². The molecule has 1 rings (SSSR count). The maximum Gasteiger partial charge on any atom is 0.228 e. The number of hydrogen-bond donors (Lipinski definition) is 2. The number of hydrogen-bond acceptors (Lipinski definition) is 2. The second-order valence-corrected chi connectivity index (χ2v) is 6.08. The first-order valence-corrected chi connectivity index (χ1v) is 7.18. The van der Waals surface area contributed by atoms with E-state index in [0.29, 0.717) is 5.11 Å². The quantitative estimate of drug-likeness (QED) is 0.614. The van der Waals surface area contributed by atoms with E-state index < -0.39 is 0 Å². The number of rotatable bonds is 2. The molecule has 18 heavy (non-hydrogen) atoms. The van der Waals surface area contributed by atoms with Crippen LogP contribution in [0.1, 0.15) is 25.0 Å². The highest BCUT2D eigenvalue weighted by Crippen LogP contribution is 2.21. The molecule has 0 aromatic heterocycles. The first kappa shape index (κ1) is 15.4. The van der Waals surface area contributed by atoms with Crippen LogP contribution in [0.5, 0.6) is 0 Å². The second kappa shape index (κ2) is 6.47. The summed E-state index contributed by atoms with van der Waals surface area (Å²) in [5.41, 5.74) is 3.22. The van der Waals surface area contributed by atoms with Gasteiger partial charge in [-0.05, 0) is 71.9 Å². The number of nitrogens with one attached hydrogen (secondary N) is 2. The minimum absolute atomic E-state index is 0.0765. The first-order chi connectivity index (χ1) is 8.31. The van der Waals surface area contributed by atoms with Gasteiger partial charge in [-0.25, -0.2) is 0 Å². The summed E-state index contributed by atoms with van der Waals surface area (Å²) in [5.74, 6) is -0.156. The summed E-state index contributed by atoms with van der Waals surface area (Å²) >= 11 is 7.42. The molecule has 0 saturated heterocycles. The van der Waals surface area contributed by atoms with Crippen LogP contribution >= 0.6 is 34.8 Å². The van der Waals surface area contributed by atoms with Crippen LogP contribution in [0.4, 0.5) is 5.69 Å². The summed E-state index contributed by atoms with van der Waals surface area (Å²) in [6, 6.07) is 4.12. The van der Waals surface area contributed by atoms with Crippen LogP contribution in [-0.2, 0) is 4.79 Å². The molecule has 0 aliphatic carbocycles. The van der Waals surface area contributed by atoms with Crippen molar-refractivity contribution in [3.63, 3.8) is 0 Å². The van der Waals surface area contributed by atoms with Gasteiger partial charge < -0.3 is 10.6 Å². The van der Waals surface area contributed by atoms with Gasteiger partial charge in [0.15, 0.2) is 5.11 Å². The van der Waals surface area contributed by atoms with E-state index in [0.717, 1.165) is 11.3 Å². The molecular weight excluding hydrogens is 359 g/mol. The molecule has 5 heteroatoms. The molecule has 0 spiro atoms. The zero-order chi connectivity index (χ0) is 13.9. The molecule has 0 radical (unpaired) electrons. The molecule has 0 saturated carbocycles. The van der Waals surface area contributed by atoms with E-state index in [-0.39, 0.29) is 11.8 Å². The molecule has 1 aromatic carbocycles. The molecule has 0 aliphatic rings. The minimum Gasteiger partial charge on any atom is -0.332 e. The van der Waals surface area contributed by atoms with Gasteiger partial charge in [0, 0.05) is 15.2 Å². The standard InChI is InChI=1S/C13H17IN2OS/c1-7(2)12(17)16-13(18)15-11-6-8(3)10(14)5-9(11)4/h5-7H,1-4H3,(H2,15,16,17,18). The fraction of sp³-hybridized carbons (Fsp3) is 0.385. The second-order valence-electron chi connectivity index (χ2n) is 4.51. The Morgan fingerprint density at radius 1 is 1.28 bits per heavy atom. The first-order valence-electron chi connectivity index (χ1n) is 5.70. The molecule has 0 aliphatic heterocycles. The molecule has 1 amide bonds. The van der Waals surface area contributed by atoms with E-state index in [4.69, 9.17) is 12.2 Å². The predicted molar refractivity (Wildman–Crippen MR) is 87.8 cm³/mol. The number of aryl methyl sites for hydroxylation is 2. The van der Waals surface area contributed by atoms with Crippen LogP contribution in [0.2, 0.25) is 0 Å². The molecule has 1 aromatic rings. The Kier molecular flexibility index (Phi) is 5.52. The number of anilines is 1. The van der Waals surface area contributed by atoms with Crippen LogP contribution < -0.4 is 10.6 Å². The SMILES string of the molecule is Cc1cc(NC(=S)NC(=O)C(C)C)c(C)cc1I. The monoisotopic (exact) mass is 376 g/mol. The molecular formula is C13H17IN2OS. The number of carbonyl (C=O) groups is 1. The number of thiocarbonyl (C=S) groups is 1.